The Balaban J connectivity index is 1.50. The number of benzene rings is 3. The molecule has 9 heteroatoms. The molecule has 0 saturated carbocycles. The molecule has 4 rings (SSSR count). The molecule has 1 heterocycles. The molecule has 9 nitrogen and oxygen atoms in total. The van der Waals surface area contributed by atoms with Crippen LogP contribution in [0.15, 0.2) is 66.7 Å². The summed E-state index contributed by atoms with van der Waals surface area (Å²) in [5.41, 5.74) is 8.39. The van der Waals surface area contributed by atoms with Gasteiger partial charge in [-0.05, 0) is 88.9 Å². The first-order valence-electron chi connectivity index (χ1n) is 14.6. The zero-order valence-electron chi connectivity index (χ0n) is 25.5. The molecule has 0 aliphatic carbocycles. The van der Waals surface area contributed by atoms with Gasteiger partial charge in [-0.15, -0.1) is 0 Å². The summed E-state index contributed by atoms with van der Waals surface area (Å²) in [6.45, 7) is 10.4. The van der Waals surface area contributed by atoms with Crippen LogP contribution < -0.4 is 25.4 Å². The zero-order valence-corrected chi connectivity index (χ0v) is 25.5. The molecule has 0 spiro atoms. The SMILES string of the molecule is CCOc1ccccc1OC(CNC(C)Cc1cc2c(c(C(N)=O)c1)N(C(=O)c1ccccc1)CC2)C(=O)OC(C)(C)C. The van der Waals surface area contributed by atoms with Gasteiger partial charge in [0.2, 0.25) is 6.10 Å². The highest BCUT2D eigenvalue weighted by atomic mass is 16.6. The molecular weight excluding hydrogens is 546 g/mol. The fraction of sp³-hybridized carbons (Fsp3) is 0.382. The average Bonchev–Trinajstić information content (AvgIpc) is 3.38. The van der Waals surface area contributed by atoms with Crippen molar-refractivity contribution in [3.8, 4) is 11.5 Å². The van der Waals surface area contributed by atoms with Crippen LogP contribution in [0, 0.1) is 0 Å². The molecule has 228 valence electrons. The van der Waals surface area contributed by atoms with Crippen LogP contribution in [0.3, 0.4) is 0 Å². The van der Waals surface area contributed by atoms with Crippen LogP contribution in [0.25, 0.3) is 0 Å². The highest BCUT2D eigenvalue weighted by molar-refractivity contribution is 6.11. The van der Waals surface area contributed by atoms with Gasteiger partial charge in [-0.25, -0.2) is 4.79 Å². The molecule has 1 aliphatic rings. The predicted octanol–water partition coefficient (Wildman–Crippen LogP) is 4.70. The van der Waals surface area contributed by atoms with Gasteiger partial charge in [0.25, 0.3) is 11.8 Å². The van der Waals surface area contributed by atoms with Gasteiger partial charge in [-0.2, -0.15) is 0 Å². The number of anilines is 1. The summed E-state index contributed by atoms with van der Waals surface area (Å²) in [5, 5.41) is 3.39. The Labute approximate surface area is 253 Å². The van der Waals surface area contributed by atoms with Crippen LogP contribution in [-0.4, -0.2) is 55.2 Å². The molecule has 1 aliphatic heterocycles. The van der Waals surface area contributed by atoms with Gasteiger partial charge in [0.1, 0.15) is 5.60 Å². The number of esters is 1. The summed E-state index contributed by atoms with van der Waals surface area (Å²) >= 11 is 0. The Bertz CT molecular complexity index is 1450. The molecule has 3 aromatic carbocycles. The minimum atomic E-state index is -0.929. The van der Waals surface area contributed by atoms with Gasteiger partial charge in [-0.3, -0.25) is 9.59 Å². The van der Waals surface area contributed by atoms with Crippen molar-refractivity contribution in [1.82, 2.24) is 5.32 Å². The van der Waals surface area contributed by atoms with E-state index in [9.17, 15) is 14.4 Å². The van der Waals surface area contributed by atoms with Crippen LogP contribution in [0.5, 0.6) is 11.5 Å². The summed E-state index contributed by atoms with van der Waals surface area (Å²) < 4.78 is 17.5. The van der Waals surface area contributed by atoms with Gasteiger partial charge < -0.3 is 30.2 Å². The molecule has 0 fully saturated rings. The summed E-state index contributed by atoms with van der Waals surface area (Å²) in [6, 6.07) is 19.9. The molecule has 2 atom stereocenters. The second kappa shape index (κ2) is 13.7. The third-order valence-corrected chi connectivity index (χ3v) is 6.94. The first-order valence-corrected chi connectivity index (χ1v) is 14.6. The fourth-order valence-corrected chi connectivity index (χ4v) is 5.11. The second-order valence-corrected chi connectivity index (χ2v) is 11.6. The van der Waals surface area contributed by atoms with Gasteiger partial charge >= 0.3 is 5.97 Å². The number of nitrogens with zero attached hydrogens (tertiary/aromatic N) is 1. The molecule has 3 N–H and O–H groups in total. The number of ether oxygens (including phenoxy) is 3. The maximum absolute atomic E-state index is 13.2. The Morgan fingerprint density at radius 1 is 1.00 bits per heavy atom. The fourth-order valence-electron chi connectivity index (χ4n) is 5.11. The number of carbonyl (C=O) groups is 3. The standard InChI is InChI=1S/C34H41N3O6/c1-6-41-27-14-10-11-15-28(27)42-29(33(40)43-34(3,4)5)21-36-22(2)18-23-19-25-16-17-37(30(25)26(20-23)31(35)38)32(39)24-12-8-7-9-13-24/h7-15,19-20,22,29,36H,6,16-18,21H2,1-5H3,(H2,35,38). The number of amides is 2. The molecule has 2 amide bonds. The van der Waals surface area contributed by atoms with E-state index in [-0.39, 0.29) is 18.5 Å². The second-order valence-electron chi connectivity index (χ2n) is 11.6. The average molecular weight is 588 g/mol. The first kappa shape index (κ1) is 31.6. The number of nitrogens with one attached hydrogen (secondary N) is 1. The number of primary amides is 1. The number of carbonyl (C=O) groups excluding carboxylic acids is 3. The van der Waals surface area contributed by atoms with Crippen molar-refractivity contribution in [1.29, 1.82) is 0 Å². The summed E-state index contributed by atoms with van der Waals surface area (Å²) in [6.07, 6.45) is 0.246. The van der Waals surface area contributed by atoms with Crippen LogP contribution >= 0.6 is 0 Å². The lowest BCUT2D eigenvalue weighted by molar-refractivity contribution is -0.163. The van der Waals surface area contributed by atoms with Crippen molar-refractivity contribution in [2.75, 3.05) is 24.6 Å². The zero-order chi connectivity index (χ0) is 31.1. The van der Waals surface area contributed by atoms with E-state index in [0.29, 0.717) is 54.3 Å². The largest absolute Gasteiger partial charge is 0.490 e. The van der Waals surface area contributed by atoms with E-state index < -0.39 is 23.6 Å². The number of fused-ring (bicyclic) bond motifs is 1. The highest BCUT2D eigenvalue weighted by Gasteiger charge is 2.31. The van der Waals surface area contributed by atoms with Crippen LogP contribution in [-0.2, 0) is 22.4 Å². The quantitative estimate of drug-likeness (QED) is 0.295. The smallest absolute Gasteiger partial charge is 0.349 e. The third kappa shape index (κ3) is 8.14. The number of rotatable bonds is 12. The van der Waals surface area contributed by atoms with Crippen LogP contribution in [0.4, 0.5) is 5.69 Å². The Morgan fingerprint density at radius 2 is 1.67 bits per heavy atom. The van der Waals surface area contributed by atoms with E-state index in [0.717, 1.165) is 11.1 Å². The van der Waals surface area contributed by atoms with E-state index in [1.807, 2.05) is 71.0 Å². The molecule has 0 saturated heterocycles. The minimum Gasteiger partial charge on any atom is -0.490 e. The Kier molecular flexibility index (Phi) is 10.1. The molecule has 0 radical (unpaired) electrons. The lowest BCUT2D eigenvalue weighted by atomic mass is 9.98. The number of hydrogen-bond donors (Lipinski definition) is 2. The normalized spacial score (nSPS) is 14.0. The summed E-state index contributed by atoms with van der Waals surface area (Å²) in [4.78, 5) is 40.5. The van der Waals surface area contributed by atoms with Crippen molar-refractivity contribution in [2.45, 2.75) is 65.2 Å². The summed E-state index contributed by atoms with van der Waals surface area (Å²) in [5.74, 6) is -0.241. The molecule has 3 aromatic rings. The molecular formula is C34H41N3O6. The van der Waals surface area contributed by atoms with Gasteiger partial charge in [0.05, 0.1) is 17.9 Å². The van der Waals surface area contributed by atoms with E-state index >= 15 is 0 Å². The van der Waals surface area contributed by atoms with Gasteiger partial charge in [0, 0.05) is 24.7 Å². The van der Waals surface area contributed by atoms with Crippen LogP contribution in [0.1, 0.15) is 66.5 Å². The Hall–Kier alpha value is -4.37. The predicted molar refractivity (Wildman–Crippen MR) is 166 cm³/mol. The van der Waals surface area contributed by atoms with Crippen molar-refractivity contribution >= 4 is 23.5 Å². The molecule has 0 aromatic heterocycles. The molecule has 2 unspecified atom stereocenters. The molecule has 43 heavy (non-hydrogen) atoms. The number of nitrogens with two attached hydrogens (primary N) is 1. The van der Waals surface area contributed by atoms with Gasteiger partial charge in [0.15, 0.2) is 11.5 Å². The maximum atomic E-state index is 13.2. The number of hydrogen-bond acceptors (Lipinski definition) is 7. The van der Waals surface area contributed by atoms with Crippen molar-refractivity contribution in [2.24, 2.45) is 5.73 Å². The van der Waals surface area contributed by atoms with Crippen LogP contribution in [0.2, 0.25) is 0 Å². The topological polar surface area (TPSA) is 120 Å². The molecule has 0 bridgehead atoms. The van der Waals surface area contributed by atoms with E-state index in [4.69, 9.17) is 19.9 Å². The lowest BCUT2D eigenvalue weighted by Gasteiger charge is -2.26. The Morgan fingerprint density at radius 3 is 2.33 bits per heavy atom. The minimum absolute atomic E-state index is 0.0992. The van der Waals surface area contributed by atoms with E-state index in [2.05, 4.69) is 5.32 Å². The van der Waals surface area contributed by atoms with E-state index in [1.54, 1.807) is 35.2 Å². The third-order valence-electron chi connectivity index (χ3n) is 6.94. The lowest BCUT2D eigenvalue weighted by Crippen LogP contribution is -2.44. The maximum Gasteiger partial charge on any atom is 0.349 e. The first-order chi connectivity index (χ1) is 20.5. The highest BCUT2D eigenvalue weighted by Crippen LogP contribution is 2.35. The van der Waals surface area contributed by atoms with Crippen molar-refractivity contribution < 1.29 is 28.6 Å². The monoisotopic (exact) mass is 587 g/mol. The van der Waals surface area contributed by atoms with Crippen molar-refractivity contribution in [3.63, 3.8) is 0 Å². The summed E-state index contributed by atoms with van der Waals surface area (Å²) in [7, 11) is 0. The number of para-hydroxylation sites is 2. The van der Waals surface area contributed by atoms with E-state index in [1.165, 1.54) is 0 Å². The van der Waals surface area contributed by atoms with Crippen molar-refractivity contribution in [3.05, 3.63) is 89.0 Å². The van der Waals surface area contributed by atoms with Gasteiger partial charge in [-0.1, -0.05) is 36.4 Å².